The van der Waals surface area contributed by atoms with Crippen molar-refractivity contribution in [3.05, 3.63) is 23.0 Å². The Morgan fingerprint density at radius 1 is 1.50 bits per heavy atom. The summed E-state index contributed by atoms with van der Waals surface area (Å²) in [6.07, 6.45) is 7.15. The Labute approximate surface area is 119 Å². The number of nitrogens with one attached hydrogen (secondary N) is 1. The van der Waals surface area contributed by atoms with E-state index in [1.54, 1.807) is 13.2 Å². The maximum Gasteiger partial charge on any atom is 0.407 e. The van der Waals surface area contributed by atoms with Crippen LogP contribution in [-0.4, -0.2) is 29.9 Å². The third-order valence-corrected chi connectivity index (χ3v) is 3.68. The fourth-order valence-corrected chi connectivity index (χ4v) is 2.67. The van der Waals surface area contributed by atoms with Crippen LogP contribution in [0.5, 0.6) is 0 Å². The molecule has 0 saturated carbocycles. The number of hydrogen-bond donors (Lipinski definition) is 2. The van der Waals surface area contributed by atoms with Crippen LogP contribution in [0.1, 0.15) is 48.6 Å². The molecule has 0 unspecified atom stereocenters. The molecule has 0 aromatic carbocycles. The number of carbonyl (C=O) groups is 1. The average Bonchev–Trinajstić information content (AvgIpc) is 2.44. The Bertz CT molecular complexity index is 464. The molecule has 1 aromatic heterocycles. The zero-order valence-corrected chi connectivity index (χ0v) is 12.0. The van der Waals surface area contributed by atoms with E-state index in [1.165, 1.54) is 5.56 Å². The van der Waals surface area contributed by atoms with E-state index in [-0.39, 0.29) is 6.10 Å². The predicted molar refractivity (Wildman–Crippen MR) is 73.9 cm³/mol. The average molecular weight is 279 g/mol. The molecule has 0 bridgehead atoms. The third-order valence-electron chi connectivity index (χ3n) is 3.68. The summed E-state index contributed by atoms with van der Waals surface area (Å²) in [4.78, 5) is 11.5. The maximum atomic E-state index is 11.5. The van der Waals surface area contributed by atoms with E-state index in [0.717, 1.165) is 56.3 Å². The first-order chi connectivity index (χ1) is 9.76. The Hall–Kier alpha value is -1.69. The fraction of sp³-hybridized carbons (Fsp3) is 0.643. The van der Waals surface area contributed by atoms with Gasteiger partial charge in [0.05, 0.1) is 18.4 Å². The molecule has 1 atom stereocenters. The van der Waals surface area contributed by atoms with E-state index in [9.17, 15) is 4.79 Å². The van der Waals surface area contributed by atoms with Crippen molar-refractivity contribution in [1.82, 2.24) is 15.5 Å². The summed E-state index contributed by atoms with van der Waals surface area (Å²) in [6, 6.07) is 0. The van der Waals surface area contributed by atoms with Gasteiger partial charge in [-0.3, -0.25) is 0 Å². The van der Waals surface area contributed by atoms with E-state index >= 15 is 0 Å². The van der Waals surface area contributed by atoms with Crippen LogP contribution >= 0.6 is 0 Å². The maximum absolute atomic E-state index is 11.5. The first kappa shape index (κ1) is 14.7. The summed E-state index contributed by atoms with van der Waals surface area (Å²) < 4.78 is 5.50. The van der Waals surface area contributed by atoms with Crippen molar-refractivity contribution in [3.8, 4) is 0 Å². The van der Waals surface area contributed by atoms with Crippen LogP contribution in [0.3, 0.4) is 0 Å². The van der Waals surface area contributed by atoms with Crippen molar-refractivity contribution in [2.75, 3.05) is 13.6 Å². The van der Waals surface area contributed by atoms with Gasteiger partial charge < -0.3 is 15.8 Å². The minimum absolute atomic E-state index is 0.218. The molecule has 0 fully saturated rings. The Balaban J connectivity index is 2.33. The van der Waals surface area contributed by atoms with Crippen molar-refractivity contribution in [1.29, 1.82) is 0 Å². The molecule has 1 aliphatic rings. The van der Waals surface area contributed by atoms with Crippen LogP contribution in [0, 0.1) is 0 Å². The van der Waals surface area contributed by atoms with Gasteiger partial charge >= 0.3 is 6.09 Å². The van der Waals surface area contributed by atoms with Crippen molar-refractivity contribution < 1.29 is 15.3 Å². The normalized spacial score (nSPS) is 18.6. The number of fused-ring (bicyclic) bond motifs is 1. The molecule has 2 rings (SSSR count). The molecular formula is C14H23N4O2+. The Kier molecular flexibility index (Phi) is 5.29. The van der Waals surface area contributed by atoms with Crippen molar-refractivity contribution >= 4 is 6.09 Å². The number of carbonyl (C=O) groups excluding carboxylic acids is 1. The number of quaternary nitrogens is 1. The van der Waals surface area contributed by atoms with E-state index < -0.39 is 6.09 Å². The van der Waals surface area contributed by atoms with Crippen LogP contribution < -0.4 is 11.1 Å². The van der Waals surface area contributed by atoms with Crippen molar-refractivity contribution in [2.24, 2.45) is 0 Å². The third kappa shape index (κ3) is 3.45. The van der Waals surface area contributed by atoms with E-state index in [1.807, 2.05) is 0 Å². The zero-order chi connectivity index (χ0) is 14.4. The van der Waals surface area contributed by atoms with Crippen molar-refractivity contribution in [3.63, 3.8) is 0 Å². The molecule has 0 saturated heterocycles. The standard InChI is InChI=1S/C14H22N4O2/c1-16-14(19)20-13-6-4-2-3-5-10-11(13)9-17-18-12(10)7-8-15/h9,13H,2-8,15H2,1H3,(H,16,19)/p+1/t13-/m0/s1. The lowest BCUT2D eigenvalue weighted by Gasteiger charge is -2.23. The largest absolute Gasteiger partial charge is 0.441 e. The second kappa shape index (κ2) is 7.19. The molecule has 1 aliphatic carbocycles. The summed E-state index contributed by atoms with van der Waals surface area (Å²) in [7, 11) is 1.57. The van der Waals surface area contributed by atoms with Gasteiger partial charge in [0.2, 0.25) is 0 Å². The number of rotatable bonds is 3. The van der Waals surface area contributed by atoms with Gasteiger partial charge in [-0.1, -0.05) is 6.42 Å². The van der Waals surface area contributed by atoms with Crippen LogP contribution in [0.15, 0.2) is 6.20 Å². The summed E-state index contributed by atoms with van der Waals surface area (Å²) >= 11 is 0. The molecule has 6 heteroatoms. The lowest BCUT2D eigenvalue weighted by Crippen LogP contribution is -2.51. The molecular weight excluding hydrogens is 256 g/mol. The summed E-state index contributed by atoms with van der Waals surface area (Å²) in [5.74, 6) is 0. The van der Waals surface area contributed by atoms with E-state index in [4.69, 9.17) is 4.74 Å². The van der Waals surface area contributed by atoms with Crippen LogP contribution in [0.2, 0.25) is 0 Å². The highest BCUT2D eigenvalue weighted by Gasteiger charge is 2.23. The number of aromatic nitrogens is 2. The zero-order valence-electron chi connectivity index (χ0n) is 12.0. The Morgan fingerprint density at radius 3 is 3.10 bits per heavy atom. The highest BCUT2D eigenvalue weighted by atomic mass is 16.6. The molecule has 1 amide bonds. The van der Waals surface area contributed by atoms with Gasteiger partial charge in [0.1, 0.15) is 6.10 Å². The second-order valence-electron chi connectivity index (χ2n) is 5.07. The van der Waals surface area contributed by atoms with Gasteiger partial charge in [0, 0.05) is 19.0 Å². The lowest BCUT2D eigenvalue weighted by atomic mass is 9.91. The molecule has 1 aromatic rings. The first-order valence-corrected chi connectivity index (χ1v) is 7.27. The number of ether oxygens (including phenoxy) is 1. The summed E-state index contributed by atoms with van der Waals surface area (Å²) in [6.45, 7) is 0.798. The minimum Gasteiger partial charge on any atom is -0.441 e. The molecule has 0 spiro atoms. The number of amides is 1. The van der Waals surface area contributed by atoms with Gasteiger partial charge in [-0.15, -0.1) is 0 Å². The van der Waals surface area contributed by atoms with Crippen LogP contribution in [0.4, 0.5) is 4.79 Å². The van der Waals surface area contributed by atoms with Gasteiger partial charge in [0.25, 0.3) is 0 Å². The van der Waals surface area contributed by atoms with Crippen molar-refractivity contribution in [2.45, 2.75) is 44.6 Å². The quantitative estimate of drug-likeness (QED) is 0.855. The topological polar surface area (TPSA) is 91.8 Å². The fourth-order valence-electron chi connectivity index (χ4n) is 2.67. The highest BCUT2D eigenvalue weighted by Crippen LogP contribution is 2.31. The second-order valence-corrected chi connectivity index (χ2v) is 5.07. The molecule has 110 valence electrons. The van der Waals surface area contributed by atoms with E-state index in [0.29, 0.717) is 0 Å². The summed E-state index contributed by atoms with van der Waals surface area (Å²) in [5, 5.41) is 10.8. The monoisotopic (exact) mass is 279 g/mol. The molecule has 0 aliphatic heterocycles. The SMILES string of the molecule is CNC(=O)O[C@H]1CCCCCc2c1cnnc2CC[NH3+]. The van der Waals surface area contributed by atoms with Gasteiger partial charge in [-0.05, 0) is 31.2 Å². The number of hydrogen-bond acceptors (Lipinski definition) is 4. The lowest BCUT2D eigenvalue weighted by molar-refractivity contribution is -0.366. The smallest absolute Gasteiger partial charge is 0.407 e. The van der Waals surface area contributed by atoms with Gasteiger partial charge in [-0.25, -0.2) is 4.79 Å². The molecule has 1 heterocycles. The minimum atomic E-state index is -0.392. The Morgan fingerprint density at radius 2 is 2.35 bits per heavy atom. The molecule has 6 nitrogen and oxygen atoms in total. The van der Waals surface area contributed by atoms with E-state index in [2.05, 4.69) is 21.2 Å². The first-order valence-electron chi connectivity index (χ1n) is 7.27. The van der Waals surface area contributed by atoms with Gasteiger partial charge in [0.15, 0.2) is 0 Å². The molecule has 4 N–H and O–H groups in total. The highest BCUT2D eigenvalue weighted by molar-refractivity contribution is 5.67. The van der Waals surface area contributed by atoms with Crippen LogP contribution in [-0.2, 0) is 17.6 Å². The predicted octanol–water partition coefficient (Wildman–Crippen LogP) is 0.775. The number of alkyl carbamates (subject to hydrolysis) is 1. The molecule has 0 radical (unpaired) electrons. The van der Waals surface area contributed by atoms with Gasteiger partial charge in [-0.2, -0.15) is 10.2 Å². The van der Waals surface area contributed by atoms with Crippen LogP contribution in [0.25, 0.3) is 0 Å². The number of nitrogens with zero attached hydrogens (tertiary/aromatic N) is 2. The molecule has 20 heavy (non-hydrogen) atoms. The summed E-state index contributed by atoms with van der Waals surface area (Å²) in [5.41, 5.74) is 7.12.